The van der Waals surface area contributed by atoms with Crippen LogP contribution < -0.4 is 81.8 Å². The number of aromatic nitrogens is 4. The van der Waals surface area contributed by atoms with Gasteiger partial charge in [0.2, 0.25) is 0 Å². The van der Waals surface area contributed by atoms with E-state index in [4.69, 9.17) is 33.5 Å². The molecule has 3 fully saturated rings. The number of hydrogen-bond acceptors (Lipinski definition) is 8. The van der Waals surface area contributed by atoms with Crippen LogP contribution in [0.2, 0.25) is 0 Å². The number of fused-ring (bicyclic) bond motifs is 12. The number of benzene rings is 12. The van der Waals surface area contributed by atoms with E-state index in [0.717, 1.165) is 44.0 Å². The maximum atomic E-state index is 8.87. The van der Waals surface area contributed by atoms with E-state index < -0.39 is 8.25 Å². The van der Waals surface area contributed by atoms with Gasteiger partial charge in [-0.2, -0.15) is 0 Å². The van der Waals surface area contributed by atoms with Crippen LogP contribution in [0.5, 0.6) is 11.5 Å². The van der Waals surface area contributed by atoms with Crippen LogP contribution in [0.3, 0.4) is 0 Å². The van der Waals surface area contributed by atoms with Gasteiger partial charge >= 0.3 is 130 Å². The number of rotatable bonds is 11. The number of aromatic amines is 2. The summed E-state index contributed by atoms with van der Waals surface area (Å²) in [5.74, 6) is 1.83. The molecule has 12 aromatic carbocycles. The number of halogens is 1. The van der Waals surface area contributed by atoms with Gasteiger partial charge in [0.25, 0.3) is 0 Å². The molecule has 1 saturated heterocycles. The SMILES string of the molecule is Brc1ccc2[nH]c3ccccc3c2c1.CC1(C)OB(c2ccc3c(c2)c2ccccc2n3-c2ccccc2)OC1(C)C.COc1cccc(OC)c1-c1ccccc1P(C1CCCCC1)C1CCCCC1.O=[P+]([O-])O[O-].[K+].[K][K].c1ccc(-n2c3ccccc3c3cc(-c4ccc5[nH]c6ccccc6c5c4)ccc32)cc1. The van der Waals surface area contributed by atoms with Crippen LogP contribution in [-0.2, 0) is 18.5 Å². The molecular formula is C92H87BBrK3N4O8P2. The number of hydrogen-bond donors (Lipinski definition) is 2. The van der Waals surface area contributed by atoms with Crippen LogP contribution >= 0.6 is 32.1 Å². The van der Waals surface area contributed by atoms with Gasteiger partial charge < -0.3 is 48.0 Å². The molecule has 546 valence electrons. The minimum absolute atomic E-state index is 0. The van der Waals surface area contributed by atoms with Crippen molar-refractivity contribution in [2.24, 2.45) is 0 Å². The molecule has 12 nitrogen and oxygen atoms in total. The van der Waals surface area contributed by atoms with Gasteiger partial charge in [0.1, 0.15) is 11.5 Å². The molecule has 1 atom stereocenters. The molecule has 1 aliphatic heterocycles. The smallest absolute Gasteiger partial charge is 0.0541 e. The Morgan fingerprint density at radius 2 is 0.856 bits per heavy atom. The summed E-state index contributed by atoms with van der Waals surface area (Å²) in [5, 5.41) is 20.2. The molecule has 5 heterocycles. The third-order valence-corrected chi connectivity index (χ3v) is 26.3. The zero-order valence-electron chi connectivity index (χ0n) is 64.7. The fourth-order valence-corrected chi connectivity index (χ4v) is 20.6. The molecular weight excluding hydrogens is 1560 g/mol. The molecule has 2 aliphatic carbocycles. The van der Waals surface area contributed by atoms with Gasteiger partial charge in [0, 0.05) is 81.0 Å². The first kappa shape index (κ1) is 84.1. The first-order chi connectivity index (χ1) is 53.7. The molecule has 19 rings (SSSR count). The van der Waals surface area contributed by atoms with Gasteiger partial charge in [0.05, 0.1) is 53.1 Å². The minimum Gasteiger partial charge on any atom is -0.355 e. The molecule has 2 saturated carbocycles. The Kier molecular flexibility index (Phi) is 29.6. The zero-order valence-corrected chi connectivity index (χ0v) is 77.5. The Hall–Kier alpha value is -4.78. The van der Waals surface area contributed by atoms with Crippen molar-refractivity contribution in [3.8, 4) is 45.1 Å². The number of nitrogens with zero attached hydrogens (tertiary/aromatic N) is 2. The van der Waals surface area contributed by atoms with E-state index >= 15 is 0 Å². The molecule has 16 aromatic rings. The van der Waals surface area contributed by atoms with E-state index in [0.29, 0.717) is 0 Å². The van der Waals surface area contributed by atoms with Gasteiger partial charge in [-0.1, -0.05) is 226 Å². The Morgan fingerprint density at radius 1 is 0.459 bits per heavy atom. The van der Waals surface area contributed by atoms with Crippen molar-refractivity contribution >= 4 is 200 Å². The summed E-state index contributed by atoms with van der Waals surface area (Å²) in [5.41, 5.74) is 19.0. The molecule has 1 unspecified atom stereocenters. The number of para-hydroxylation sites is 6. The van der Waals surface area contributed by atoms with Crippen LogP contribution in [0, 0.1) is 0 Å². The predicted octanol–water partition coefficient (Wildman–Crippen LogP) is 18.9. The average Bonchev–Trinajstić information content (AvgIpc) is 1.61. The summed E-state index contributed by atoms with van der Waals surface area (Å²) in [7, 11) is -0.150. The summed E-state index contributed by atoms with van der Waals surface area (Å²) in [4.78, 5) is 15.8. The third kappa shape index (κ3) is 18.6. The normalized spacial score (nSPS) is 14.9. The van der Waals surface area contributed by atoms with Gasteiger partial charge in [0.15, 0.2) is 0 Å². The van der Waals surface area contributed by atoms with Crippen LogP contribution in [-0.4, -0.2) is 126 Å². The maximum Gasteiger partial charge on any atom is 0.0541 e. The van der Waals surface area contributed by atoms with Crippen molar-refractivity contribution in [1.82, 2.24) is 19.1 Å². The van der Waals surface area contributed by atoms with E-state index in [1.807, 2.05) is 18.2 Å². The van der Waals surface area contributed by atoms with Crippen LogP contribution in [0.4, 0.5) is 0 Å². The molecule has 2 N–H and O–H groups in total. The zero-order chi connectivity index (χ0) is 76.5. The predicted molar refractivity (Wildman–Crippen MR) is 461 cm³/mol. The number of H-pyrrole nitrogens is 2. The standard InChI is InChI=1S/C30H20N2.C26H35O2P.C24H24BNO2.C12H8BrN.3K.HO4P/c1-2-8-22(9-3-1)32-29-13-7-5-11-24(29)26-19-21(15-17-30(26)32)20-14-16-28-25(18-20)23-10-4-6-12-27(23)31-28;1-27-23-17-11-18-24(28-2)26(23)22-16-9-10-19-25(22)29(20-12-5-3-6-13-20)21-14-7-4-8-15-21;1-23(2)24(3,4)28-25(27-23)17-14-15-22-20(16-17)19-12-8-9-13-21(19)26(22)18-10-6-5-7-11-18;13-8-5-6-12-10(7-8)9-3-1-2-4-11(9)14-12;;;;1-4-5(2)3/h1-19,31H;9-11,16-21H,3-8,12-15H2,1-2H3;5-16H,1-4H3;1-7,14H;;;;1H/q;;;;;;+1;/p-1. The molecule has 0 radical (unpaired) electrons. The van der Waals surface area contributed by atoms with E-state index in [1.54, 1.807) is 19.5 Å². The van der Waals surface area contributed by atoms with Crippen molar-refractivity contribution in [1.29, 1.82) is 0 Å². The van der Waals surface area contributed by atoms with Crippen molar-refractivity contribution in [3.63, 3.8) is 0 Å². The number of methoxy groups -OCH3 is 2. The number of nitrogens with one attached hydrogen (secondary N) is 2. The fraction of sp³-hybridized carbons (Fsp3) is 0.217. The molecule has 19 heteroatoms. The van der Waals surface area contributed by atoms with E-state index in [-0.39, 0.29) is 77.6 Å². The largest absolute Gasteiger partial charge is 0.355 e. The minimum atomic E-state index is -3.15. The van der Waals surface area contributed by atoms with Gasteiger partial charge in [-0.05, 0) is 206 Å². The Labute approximate surface area is 748 Å². The van der Waals surface area contributed by atoms with E-state index in [9.17, 15) is 0 Å². The second kappa shape index (κ2) is 39.0. The van der Waals surface area contributed by atoms with Gasteiger partial charge in [-0.15, -0.1) is 0 Å². The Morgan fingerprint density at radius 3 is 1.36 bits per heavy atom. The van der Waals surface area contributed by atoms with Gasteiger partial charge in [-0.3, -0.25) is 0 Å². The first-order valence-corrected chi connectivity index (χ1v) is 57.8. The van der Waals surface area contributed by atoms with Crippen LogP contribution in [0.15, 0.2) is 277 Å². The third-order valence-electron chi connectivity index (χ3n) is 22.1. The van der Waals surface area contributed by atoms with Crippen molar-refractivity contribution in [3.05, 3.63) is 277 Å². The van der Waals surface area contributed by atoms with E-state index in [1.165, 1.54) is 237 Å². The average molecular weight is 1650 g/mol. The Balaban J connectivity index is 0.000000129. The fourth-order valence-electron chi connectivity index (χ4n) is 16.3. The van der Waals surface area contributed by atoms with Crippen molar-refractivity contribution in [2.75, 3.05) is 14.2 Å². The molecule has 0 amide bonds. The van der Waals surface area contributed by atoms with Crippen molar-refractivity contribution in [2.45, 2.75) is 114 Å². The van der Waals surface area contributed by atoms with Crippen LogP contribution in [0.25, 0.3) is 121 Å². The first-order valence-electron chi connectivity index (χ1n) is 38.4. The summed E-state index contributed by atoms with van der Waals surface area (Å²) >= 11 is 5.99. The Bertz CT molecular complexity index is 5830. The van der Waals surface area contributed by atoms with Gasteiger partial charge in [-0.25, -0.2) is 4.67 Å². The number of ether oxygens (including phenoxy) is 2. The summed E-state index contributed by atoms with van der Waals surface area (Å²) in [6.07, 6.45) is 14.2. The monoisotopic (exact) mass is 1640 g/mol. The molecule has 111 heavy (non-hydrogen) atoms. The molecule has 4 aromatic heterocycles. The second-order valence-corrected chi connectivity index (χ2v) is 33.4. The molecule has 0 spiro atoms. The molecule has 3 aliphatic rings. The summed E-state index contributed by atoms with van der Waals surface area (Å²) < 4.78 is 41.3. The van der Waals surface area contributed by atoms with Crippen LogP contribution in [0.1, 0.15) is 91.9 Å². The quantitative estimate of drug-likeness (QED) is 0.0562. The summed E-state index contributed by atoms with van der Waals surface area (Å²) in [6, 6.07) is 96.9. The topological polar surface area (TPSA) is 151 Å². The van der Waals surface area contributed by atoms with E-state index in [2.05, 4.69) is 322 Å². The van der Waals surface area contributed by atoms with Crippen molar-refractivity contribution < 1.29 is 89.6 Å². The second-order valence-electron chi connectivity index (χ2n) is 29.1. The maximum absolute atomic E-state index is 8.87. The molecule has 0 bridgehead atoms. The summed E-state index contributed by atoms with van der Waals surface area (Å²) in [6.45, 7) is 8.36.